The van der Waals surface area contributed by atoms with Crippen LogP contribution in [0.15, 0.2) is 12.1 Å². The van der Waals surface area contributed by atoms with Crippen LogP contribution in [0.4, 0.5) is 0 Å². The van der Waals surface area contributed by atoms with E-state index in [1.54, 1.807) is 0 Å². The molecular formula is C18H20O3. The third kappa shape index (κ3) is 1.13. The van der Waals surface area contributed by atoms with Gasteiger partial charge in [-0.2, -0.15) is 0 Å². The van der Waals surface area contributed by atoms with E-state index in [2.05, 4.69) is 12.1 Å². The lowest BCUT2D eigenvalue weighted by molar-refractivity contribution is -0.177. The molecular weight excluding hydrogens is 264 g/mol. The molecule has 0 radical (unpaired) electrons. The van der Waals surface area contributed by atoms with Gasteiger partial charge in [0.2, 0.25) is 0 Å². The van der Waals surface area contributed by atoms with Gasteiger partial charge in [0.25, 0.3) is 0 Å². The van der Waals surface area contributed by atoms with Gasteiger partial charge in [-0.25, -0.2) is 0 Å². The van der Waals surface area contributed by atoms with Crippen LogP contribution in [0, 0.1) is 12.8 Å². The lowest BCUT2D eigenvalue weighted by atomic mass is 9.45. The van der Waals surface area contributed by atoms with Crippen molar-refractivity contribution in [3.05, 3.63) is 28.8 Å². The maximum absolute atomic E-state index is 12.5. The van der Waals surface area contributed by atoms with E-state index in [-0.39, 0.29) is 11.7 Å². The molecule has 2 bridgehead atoms. The summed E-state index contributed by atoms with van der Waals surface area (Å²) in [5.74, 6) is 1.36. The van der Waals surface area contributed by atoms with Gasteiger partial charge in [-0.15, -0.1) is 0 Å². The van der Waals surface area contributed by atoms with Crippen LogP contribution < -0.4 is 4.74 Å². The standard InChI is InChI=1S/C18H20O3/c1-10-4-5-11-9-12-3-2-7-17-14(11)15(10)21-16(17)13(19)6-8-18(12,17)20/h4-5,12,16,20H,2-3,6-9H2,1H3/t12?,16-,17-,18+/m0/s1. The molecule has 1 spiro atoms. The first kappa shape index (κ1) is 12.2. The smallest absolute Gasteiger partial charge is 0.174 e. The van der Waals surface area contributed by atoms with E-state index in [1.165, 1.54) is 11.1 Å². The quantitative estimate of drug-likeness (QED) is 0.796. The highest BCUT2D eigenvalue weighted by molar-refractivity contribution is 5.89. The van der Waals surface area contributed by atoms with Gasteiger partial charge in [-0.1, -0.05) is 18.6 Å². The Morgan fingerprint density at radius 3 is 3.05 bits per heavy atom. The molecule has 0 aromatic heterocycles. The predicted octanol–water partition coefficient (Wildman–Crippen LogP) is 2.44. The number of hydrogen-bond acceptors (Lipinski definition) is 3. The normalized spacial score (nSPS) is 42.5. The first-order valence-corrected chi connectivity index (χ1v) is 8.12. The molecule has 4 aliphatic rings. The Kier molecular flexibility index (Phi) is 2.05. The van der Waals surface area contributed by atoms with Crippen LogP contribution in [0.2, 0.25) is 0 Å². The molecule has 4 atom stereocenters. The summed E-state index contributed by atoms with van der Waals surface area (Å²) in [6.45, 7) is 2.04. The molecule has 3 nitrogen and oxygen atoms in total. The summed E-state index contributed by atoms with van der Waals surface area (Å²) in [5, 5.41) is 11.6. The van der Waals surface area contributed by atoms with Gasteiger partial charge in [-0.05, 0) is 49.7 Å². The van der Waals surface area contributed by atoms with Crippen LogP contribution in [-0.4, -0.2) is 22.6 Å². The van der Waals surface area contributed by atoms with E-state index in [1.807, 2.05) is 6.92 Å². The van der Waals surface area contributed by atoms with Gasteiger partial charge < -0.3 is 9.84 Å². The average molecular weight is 284 g/mol. The predicted molar refractivity (Wildman–Crippen MR) is 77.5 cm³/mol. The fourth-order valence-electron chi connectivity index (χ4n) is 5.78. The maximum atomic E-state index is 12.5. The summed E-state index contributed by atoms with van der Waals surface area (Å²) in [7, 11) is 0. The van der Waals surface area contributed by atoms with E-state index in [0.29, 0.717) is 12.8 Å². The number of aryl methyl sites for hydroxylation is 1. The Hall–Kier alpha value is -1.35. The molecule has 110 valence electrons. The number of aliphatic hydroxyl groups is 1. The topological polar surface area (TPSA) is 46.5 Å². The lowest BCUT2D eigenvalue weighted by Gasteiger charge is -2.59. The van der Waals surface area contributed by atoms with Crippen molar-refractivity contribution < 1.29 is 14.6 Å². The second kappa shape index (κ2) is 3.52. The first-order chi connectivity index (χ1) is 10.1. The molecule has 3 aliphatic carbocycles. The summed E-state index contributed by atoms with van der Waals surface area (Å²) in [6, 6.07) is 4.30. The summed E-state index contributed by atoms with van der Waals surface area (Å²) in [4.78, 5) is 12.5. The number of ketones is 1. The summed E-state index contributed by atoms with van der Waals surface area (Å²) in [5.41, 5.74) is 2.38. The lowest BCUT2D eigenvalue weighted by Crippen LogP contribution is -2.69. The monoisotopic (exact) mass is 284 g/mol. The molecule has 0 saturated heterocycles. The van der Waals surface area contributed by atoms with Crippen molar-refractivity contribution in [1.82, 2.24) is 0 Å². The zero-order valence-electron chi connectivity index (χ0n) is 12.3. The molecule has 21 heavy (non-hydrogen) atoms. The summed E-state index contributed by atoms with van der Waals surface area (Å²) in [6.07, 6.45) is 4.61. The number of hydrogen-bond donors (Lipinski definition) is 1. The van der Waals surface area contributed by atoms with Gasteiger partial charge >= 0.3 is 0 Å². The van der Waals surface area contributed by atoms with Crippen molar-refractivity contribution >= 4 is 5.78 Å². The van der Waals surface area contributed by atoms with Crippen LogP contribution in [0.3, 0.4) is 0 Å². The van der Waals surface area contributed by atoms with Crippen molar-refractivity contribution in [2.45, 2.75) is 62.6 Å². The largest absolute Gasteiger partial charge is 0.481 e. The molecule has 1 aromatic carbocycles. The van der Waals surface area contributed by atoms with E-state index < -0.39 is 17.1 Å². The zero-order chi connectivity index (χ0) is 14.4. The third-order valence-electron chi connectivity index (χ3n) is 6.65. The van der Waals surface area contributed by atoms with Crippen LogP contribution in [0.5, 0.6) is 5.75 Å². The van der Waals surface area contributed by atoms with E-state index in [4.69, 9.17) is 4.74 Å². The van der Waals surface area contributed by atoms with Crippen LogP contribution in [0.25, 0.3) is 0 Å². The summed E-state index contributed by atoms with van der Waals surface area (Å²) >= 11 is 0. The Bertz CT molecular complexity index is 679. The highest BCUT2D eigenvalue weighted by Crippen LogP contribution is 2.65. The Morgan fingerprint density at radius 2 is 2.19 bits per heavy atom. The number of benzene rings is 1. The minimum Gasteiger partial charge on any atom is -0.481 e. The number of ether oxygens (including phenoxy) is 1. The van der Waals surface area contributed by atoms with Crippen molar-refractivity contribution in [3.8, 4) is 5.75 Å². The molecule has 0 amide bonds. The second-order valence-electron chi connectivity index (χ2n) is 7.40. The third-order valence-corrected chi connectivity index (χ3v) is 6.65. The van der Waals surface area contributed by atoms with Gasteiger partial charge in [0.05, 0.1) is 11.0 Å². The molecule has 1 unspecified atom stereocenters. The van der Waals surface area contributed by atoms with E-state index in [9.17, 15) is 9.90 Å². The Balaban J connectivity index is 1.89. The summed E-state index contributed by atoms with van der Waals surface area (Å²) < 4.78 is 6.18. The Labute approximate surface area is 124 Å². The Morgan fingerprint density at radius 1 is 1.33 bits per heavy atom. The van der Waals surface area contributed by atoms with Gasteiger partial charge in [-0.3, -0.25) is 4.79 Å². The van der Waals surface area contributed by atoms with Crippen LogP contribution in [-0.2, 0) is 16.6 Å². The van der Waals surface area contributed by atoms with E-state index >= 15 is 0 Å². The number of Topliss-reactive ketones (excluding diaryl/α,β-unsaturated/α-hetero) is 1. The molecule has 3 heteroatoms. The highest BCUT2D eigenvalue weighted by atomic mass is 16.5. The van der Waals surface area contributed by atoms with Crippen LogP contribution in [0.1, 0.15) is 48.8 Å². The number of rotatable bonds is 0. The van der Waals surface area contributed by atoms with E-state index in [0.717, 1.165) is 37.0 Å². The molecule has 1 aliphatic heterocycles. The average Bonchev–Trinajstić information content (AvgIpc) is 2.80. The second-order valence-corrected chi connectivity index (χ2v) is 7.40. The molecule has 2 fully saturated rings. The van der Waals surface area contributed by atoms with Crippen LogP contribution >= 0.6 is 0 Å². The number of carbonyl (C=O) groups excluding carboxylic acids is 1. The fourth-order valence-corrected chi connectivity index (χ4v) is 5.78. The molecule has 5 rings (SSSR count). The van der Waals surface area contributed by atoms with Crippen molar-refractivity contribution in [2.24, 2.45) is 5.92 Å². The maximum Gasteiger partial charge on any atom is 0.174 e. The van der Waals surface area contributed by atoms with Gasteiger partial charge in [0.15, 0.2) is 11.9 Å². The van der Waals surface area contributed by atoms with Gasteiger partial charge in [0.1, 0.15) is 5.75 Å². The van der Waals surface area contributed by atoms with Crippen molar-refractivity contribution in [1.29, 1.82) is 0 Å². The molecule has 1 aromatic rings. The molecule has 2 saturated carbocycles. The first-order valence-electron chi connectivity index (χ1n) is 8.12. The fraction of sp³-hybridized carbons (Fsp3) is 0.611. The highest BCUT2D eigenvalue weighted by Gasteiger charge is 2.71. The molecule has 1 heterocycles. The minimum absolute atomic E-state index is 0.184. The van der Waals surface area contributed by atoms with Gasteiger partial charge in [0, 0.05) is 12.0 Å². The minimum atomic E-state index is -0.740. The molecule has 1 N–H and O–H groups in total. The SMILES string of the molecule is Cc1ccc2c3c1O[C@H]1C(=O)CC[C@@]4(O)C(CCC[C@]314)C2. The zero-order valence-corrected chi connectivity index (χ0v) is 12.3. The number of carbonyl (C=O) groups is 1. The van der Waals surface area contributed by atoms with Crippen molar-refractivity contribution in [2.75, 3.05) is 0 Å². The van der Waals surface area contributed by atoms with Crippen molar-refractivity contribution in [3.63, 3.8) is 0 Å².